The summed E-state index contributed by atoms with van der Waals surface area (Å²) >= 11 is 0. The molecule has 0 saturated carbocycles. The molecule has 1 atom stereocenters. The summed E-state index contributed by atoms with van der Waals surface area (Å²) in [6.45, 7) is 5.90. The fourth-order valence-electron chi connectivity index (χ4n) is 0.825. The van der Waals surface area contributed by atoms with Gasteiger partial charge in [-0.15, -0.1) is 0 Å². The van der Waals surface area contributed by atoms with Crippen LogP contribution >= 0.6 is 0 Å². The number of sulfonamides is 1. The Labute approximate surface area is 80.7 Å². The summed E-state index contributed by atoms with van der Waals surface area (Å²) < 4.78 is 30.0. The standard InChI is InChI=1S/C8H19NO3S/c1-7(2)6-13(10,11)9-5-8(3)12-4/h7-9H,5-6H2,1-4H3. The molecule has 4 nitrogen and oxygen atoms in total. The van der Waals surface area contributed by atoms with Crippen molar-refractivity contribution in [2.24, 2.45) is 5.92 Å². The molecule has 0 saturated heterocycles. The molecule has 0 aliphatic carbocycles. The van der Waals surface area contributed by atoms with Gasteiger partial charge in [-0.1, -0.05) is 13.8 Å². The van der Waals surface area contributed by atoms with E-state index in [1.54, 1.807) is 7.11 Å². The molecule has 1 unspecified atom stereocenters. The molecule has 13 heavy (non-hydrogen) atoms. The van der Waals surface area contributed by atoms with Crippen molar-refractivity contribution >= 4 is 10.0 Å². The van der Waals surface area contributed by atoms with E-state index in [-0.39, 0.29) is 17.8 Å². The zero-order chi connectivity index (χ0) is 10.5. The zero-order valence-corrected chi connectivity index (χ0v) is 9.52. The molecular formula is C8H19NO3S. The number of methoxy groups -OCH3 is 1. The Kier molecular flexibility index (Phi) is 5.51. The van der Waals surface area contributed by atoms with Crippen molar-refractivity contribution in [3.05, 3.63) is 0 Å². The lowest BCUT2D eigenvalue weighted by Crippen LogP contribution is -2.34. The van der Waals surface area contributed by atoms with E-state index in [1.165, 1.54) is 0 Å². The Balaban J connectivity index is 3.90. The van der Waals surface area contributed by atoms with Gasteiger partial charge in [-0.05, 0) is 12.8 Å². The van der Waals surface area contributed by atoms with Crippen molar-refractivity contribution in [2.75, 3.05) is 19.4 Å². The minimum absolute atomic E-state index is 0.0815. The third-order valence-corrected chi connectivity index (χ3v) is 3.26. The highest BCUT2D eigenvalue weighted by Crippen LogP contribution is 1.97. The van der Waals surface area contributed by atoms with Crippen LogP contribution in [-0.2, 0) is 14.8 Å². The average molecular weight is 209 g/mol. The van der Waals surface area contributed by atoms with Gasteiger partial charge in [-0.2, -0.15) is 0 Å². The average Bonchev–Trinajstić information content (AvgIpc) is 1.98. The number of rotatable bonds is 6. The maximum absolute atomic E-state index is 11.3. The van der Waals surface area contributed by atoms with E-state index >= 15 is 0 Å². The normalized spacial score (nSPS) is 14.8. The third kappa shape index (κ3) is 6.98. The predicted molar refractivity (Wildman–Crippen MR) is 53.1 cm³/mol. The van der Waals surface area contributed by atoms with Crippen molar-refractivity contribution in [3.8, 4) is 0 Å². The second-order valence-corrected chi connectivity index (χ2v) is 5.42. The van der Waals surface area contributed by atoms with E-state index < -0.39 is 10.0 Å². The summed E-state index contributed by atoms with van der Waals surface area (Å²) in [6, 6.07) is 0. The molecule has 0 aliphatic rings. The van der Waals surface area contributed by atoms with Gasteiger partial charge < -0.3 is 4.74 Å². The van der Waals surface area contributed by atoms with E-state index in [9.17, 15) is 8.42 Å². The molecule has 0 aromatic carbocycles. The van der Waals surface area contributed by atoms with Crippen LogP contribution in [0.25, 0.3) is 0 Å². The molecule has 0 aromatic heterocycles. The van der Waals surface area contributed by atoms with Gasteiger partial charge in [0.15, 0.2) is 0 Å². The summed E-state index contributed by atoms with van der Waals surface area (Å²) in [6.07, 6.45) is -0.0815. The van der Waals surface area contributed by atoms with Crippen LogP contribution in [0.1, 0.15) is 20.8 Å². The maximum Gasteiger partial charge on any atom is 0.211 e. The van der Waals surface area contributed by atoms with Crippen molar-refractivity contribution in [2.45, 2.75) is 26.9 Å². The first kappa shape index (κ1) is 12.9. The van der Waals surface area contributed by atoms with Crippen molar-refractivity contribution in [3.63, 3.8) is 0 Å². The molecule has 0 bridgehead atoms. The van der Waals surface area contributed by atoms with Crippen LogP contribution in [0, 0.1) is 5.92 Å². The second kappa shape index (κ2) is 5.57. The number of nitrogens with one attached hydrogen (secondary N) is 1. The highest BCUT2D eigenvalue weighted by molar-refractivity contribution is 7.89. The highest BCUT2D eigenvalue weighted by Gasteiger charge is 2.13. The Morgan fingerprint density at radius 1 is 1.31 bits per heavy atom. The smallest absolute Gasteiger partial charge is 0.211 e. The van der Waals surface area contributed by atoms with Gasteiger partial charge in [0.2, 0.25) is 10.0 Å². The van der Waals surface area contributed by atoms with Crippen LogP contribution in [0.4, 0.5) is 0 Å². The lowest BCUT2D eigenvalue weighted by molar-refractivity contribution is 0.122. The summed E-state index contributed by atoms with van der Waals surface area (Å²) in [4.78, 5) is 0. The number of hydrogen-bond acceptors (Lipinski definition) is 3. The van der Waals surface area contributed by atoms with Gasteiger partial charge in [-0.3, -0.25) is 0 Å². The minimum Gasteiger partial charge on any atom is -0.380 e. The molecule has 0 fully saturated rings. The van der Waals surface area contributed by atoms with Gasteiger partial charge in [-0.25, -0.2) is 13.1 Å². The number of hydrogen-bond donors (Lipinski definition) is 1. The zero-order valence-electron chi connectivity index (χ0n) is 8.70. The molecule has 0 aromatic rings. The molecule has 80 valence electrons. The monoisotopic (exact) mass is 209 g/mol. The molecule has 0 spiro atoms. The summed E-state index contributed by atoms with van der Waals surface area (Å²) in [5, 5.41) is 0. The van der Waals surface area contributed by atoms with Crippen molar-refractivity contribution < 1.29 is 13.2 Å². The van der Waals surface area contributed by atoms with Gasteiger partial charge in [0.1, 0.15) is 0 Å². The Morgan fingerprint density at radius 2 is 1.85 bits per heavy atom. The van der Waals surface area contributed by atoms with Crippen LogP contribution in [-0.4, -0.2) is 33.9 Å². The van der Waals surface area contributed by atoms with Gasteiger partial charge in [0.25, 0.3) is 0 Å². The van der Waals surface area contributed by atoms with Crippen LogP contribution < -0.4 is 4.72 Å². The Hall–Kier alpha value is -0.130. The summed E-state index contributed by atoms with van der Waals surface area (Å²) in [7, 11) is -1.56. The van der Waals surface area contributed by atoms with E-state index in [4.69, 9.17) is 4.74 Å². The van der Waals surface area contributed by atoms with Gasteiger partial charge in [0, 0.05) is 13.7 Å². The summed E-state index contributed by atoms with van der Waals surface area (Å²) in [5.41, 5.74) is 0. The fourth-order valence-corrected chi connectivity index (χ4v) is 2.31. The van der Waals surface area contributed by atoms with Gasteiger partial charge >= 0.3 is 0 Å². The maximum atomic E-state index is 11.3. The third-order valence-electron chi connectivity index (χ3n) is 1.55. The first-order valence-electron chi connectivity index (χ1n) is 4.37. The largest absolute Gasteiger partial charge is 0.380 e. The minimum atomic E-state index is -3.12. The van der Waals surface area contributed by atoms with Crippen molar-refractivity contribution in [1.29, 1.82) is 0 Å². The van der Waals surface area contributed by atoms with E-state index in [1.807, 2.05) is 20.8 Å². The lowest BCUT2D eigenvalue weighted by atomic mass is 10.3. The fraction of sp³-hybridized carbons (Fsp3) is 1.00. The molecule has 1 N–H and O–H groups in total. The molecule has 5 heteroatoms. The topological polar surface area (TPSA) is 55.4 Å². The van der Waals surface area contributed by atoms with Gasteiger partial charge in [0.05, 0.1) is 11.9 Å². The van der Waals surface area contributed by atoms with Crippen LogP contribution in [0.5, 0.6) is 0 Å². The predicted octanol–water partition coefficient (Wildman–Crippen LogP) is 0.597. The Bertz CT molecular complexity index is 224. The SMILES string of the molecule is COC(C)CNS(=O)(=O)CC(C)C. The molecular weight excluding hydrogens is 190 g/mol. The first-order valence-corrected chi connectivity index (χ1v) is 6.02. The van der Waals surface area contributed by atoms with E-state index in [0.717, 1.165) is 0 Å². The highest BCUT2D eigenvalue weighted by atomic mass is 32.2. The molecule has 0 aliphatic heterocycles. The second-order valence-electron chi connectivity index (χ2n) is 3.57. The quantitative estimate of drug-likeness (QED) is 0.697. The molecule has 0 heterocycles. The number of ether oxygens (including phenoxy) is 1. The first-order chi connectivity index (χ1) is 5.87. The van der Waals surface area contributed by atoms with Crippen LogP contribution in [0.2, 0.25) is 0 Å². The molecule has 0 radical (unpaired) electrons. The van der Waals surface area contributed by atoms with E-state index in [0.29, 0.717) is 6.54 Å². The molecule has 0 amide bonds. The van der Waals surface area contributed by atoms with E-state index in [2.05, 4.69) is 4.72 Å². The van der Waals surface area contributed by atoms with Crippen LogP contribution in [0.3, 0.4) is 0 Å². The summed E-state index contributed by atoms with van der Waals surface area (Å²) in [5.74, 6) is 0.319. The van der Waals surface area contributed by atoms with Crippen molar-refractivity contribution in [1.82, 2.24) is 4.72 Å². The molecule has 0 rings (SSSR count). The Morgan fingerprint density at radius 3 is 2.23 bits per heavy atom. The van der Waals surface area contributed by atoms with Crippen LogP contribution in [0.15, 0.2) is 0 Å². The lowest BCUT2D eigenvalue weighted by Gasteiger charge is -2.12.